The van der Waals surface area contributed by atoms with Gasteiger partial charge in [0.25, 0.3) is 5.91 Å². The number of amides is 1. The van der Waals surface area contributed by atoms with Gasteiger partial charge < -0.3 is 5.32 Å². The first-order valence-electron chi connectivity index (χ1n) is 9.89. The molecule has 0 aromatic heterocycles. The van der Waals surface area contributed by atoms with Crippen LogP contribution in [0.25, 0.3) is 0 Å². The minimum atomic E-state index is -3.49. The quantitative estimate of drug-likeness (QED) is 0.527. The van der Waals surface area contributed by atoms with Gasteiger partial charge in [0, 0.05) is 17.1 Å². The van der Waals surface area contributed by atoms with Gasteiger partial charge in [-0.05, 0) is 53.4 Å². The Morgan fingerprint density at radius 1 is 0.968 bits per heavy atom. The summed E-state index contributed by atoms with van der Waals surface area (Å²) in [7, 11) is -3.49. The molecule has 0 spiro atoms. The molecule has 5 nitrogen and oxygen atoms in total. The highest BCUT2D eigenvalue weighted by atomic mass is 35.5. The second-order valence-corrected chi connectivity index (χ2v) is 9.81. The molecule has 3 aromatic carbocycles. The fraction of sp³-hybridized carbons (Fsp3) is 0.208. The highest BCUT2D eigenvalue weighted by Crippen LogP contribution is 2.23. The predicted octanol–water partition coefficient (Wildman–Crippen LogP) is 4.84. The van der Waals surface area contributed by atoms with Gasteiger partial charge in [-0.15, -0.1) is 0 Å². The summed E-state index contributed by atoms with van der Waals surface area (Å²) >= 11 is 5.91. The molecule has 0 saturated carbocycles. The van der Waals surface area contributed by atoms with Gasteiger partial charge in [-0.3, -0.25) is 9.10 Å². The SMILES string of the molecule is C[C@@H](CNC(=O)c1ccc(CN(c2ccc(Cl)cc2)S(C)(=O)=O)cc1)c1ccccc1. The zero-order chi connectivity index (χ0) is 22.4. The molecule has 7 heteroatoms. The van der Waals surface area contributed by atoms with Gasteiger partial charge in [0.2, 0.25) is 10.0 Å². The minimum absolute atomic E-state index is 0.160. The monoisotopic (exact) mass is 456 g/mol. The number of hydrogen-bond donors (Lipinski definition) is 1. The first-order valence-corrected chi connectivity index (χ1v) is 12.1. The third-order valence-electron chi connectivity index (χ3n) is 4.99. The molecule has 0 aliphatic heterocycles. The maximum absolute atomic E-state index is 12.5. The van der Waals surface area contributed by atoms with Crippen LogP contribution < -0.4 is 9.62 Å². The molecule has 0 saturated heterocycles. The van der Waals surface area contributed by atoms with E-state index in [1.54, 1.807) is 48.5 Å². The van der Waals surface area contributed by atoms with Gasteiger partial charge in [0.15, 0.2) is 0 Å². The second-order valence-electron chi connectivity index (χ2n) is 7.46. The Morgan fingerprint density at radius 3 is 2.16 bits per heavy atom. The van der Waals surface area contributed by atoms with E-state index >= 15 is 0 Å². The lowest BCUT2D eigenvalue weighted by Gasteiger charge is -2.22. The fourth-order valence-electron chi connectivity index (χ4n) is 3.18. The first-order chi connectivity index (χ1) is 14.7. The Kier molecular flexibility index (Phi) is 7.36. The number of benzene rings is 3. The molecule has 1 N–H and O–H groups in total. The van der Waals surface area contributed by atoms with Crippen LogP contribution in [0.4, 0.5) is 5.69 Å². The van der Waals surface area contributed by atoms with Crippen LogP contribution in [0.15, 0.2) is 78.9 Å². The van der Waals surface area contributed by atoms with Crippen molar-refractivity contribution in [2.75, 3.05) is 17.1 Å². The number of hydrogen-bond acceptors (Lipinski definition) is 3. The van der Waals surface area contributed by atoms with Crippen LogP contribution in [0, 0.1) is 0 Å². The second kappa shape index (κ2) is 9.98. The maximum Gasteiger partial charge on any atom is 0.251 e. The van der Waals surface area contributed by atoms with Crippen LogP contribution in [0.2, 0.25) is 5.02 Å². The number of carbonyl (C=O) groups excluding carboxylic acids is 1. The van der Waals surface area contributed by atoms with E-state index < -0.39 is 10.0 Å². The molecule has 0 aliphatic carbocycles. The molecule has 3 aromatic rings. The van der Waals surface area contributed by atoms with Crippen LogP contribution in [0.5, 0.6) is 0 Å². The van der Waals surface area contributed by atoms with Crippen LogP contribution in [0.1, 0.15) is 34.3 Å². The molecular weight excluding hydrogens is 432 g/mol. The maximum atomic E-state index is 12.5. The highest BCUT2D eigenvalue weighted by molar-refractivity contribution is 7.92. The number of anilines is 1. The zero-order valence-electron chi connectivity index (χ0n) is 17.5. The number of rotatable bonds is 8. The van der Waals surface area contributed by atoms with E-state index in [0.29, 0.717) is 22.8 Å². The molecule has 0 heterocycles. The van der Waals surface area contributed by atoms with Crippen molar-refractivity contribution in [1.82, 2.24) is 5.32 Å². The van der Waals surface area contributed by atoms with Crippen molar-refractivity contribution in [3.05, 3.63) is 101 Å². The highest BCUT2D eigenvalue weighted by Gasteiger charge is 2.18. The van der Waals surface area contributed by atoms with E-state index in [1.807, 2.05) is 30.3 Å². The number of sulfonamides is 1. The Morgan fingerprint density at radius 2 is 1.58 bits per heavy atom. The van der Waals surface area contributed by atoms with E-state index in [2.05, 4.69) is 12.2 Å². The van der Waals surface area contributed by atoms with Crippen LogP contribution in [-0.4, -0.2) is 27.1 Å². The van der Waals surface area contributed by atoms with E-state index in [1.165, 1.54) is 9.87 Å². The van der Waals surface area contributed by atoms with E-state index in [9.17, 15) is 13.2 Å². The normalized spacial score (nSPS) is 12.2. The molecule has 31 heavy (non-hydrogen) atoms. The zero-order valence-corrected chi connectivity index (χ0v) is 19.0. The van der Waals surface area contributed by atoms with Crippen molar-refractivity contribution >= 4 is 33.2 Å². The Balaban J connectivity index is 1.65. The number of nitrogens with one attached hydrogen (secondary N) is 1. The average Bonchev–Trinajstić information content (AvgIpc) is 2.76. The lowest BCUT2D eigenvalue weighted by Crippen LogP contribution is -2.29. The van der Waals surface area contributed by atoms with E-state index in [-0.39, 0.29) is 18.4 Å². The predicted molar refractivity (Wildman–Crippen MR) is 126 cm³/mol. The number of nitrogens with zero attached hydrogens (tertiary/aromatic N) is 1. The topological polar surface area (TPSA) is 66.5 Å². The first kappa shape index (κ1) is 22.8. The summed E-state index contributed by atoms with van der Waals surface area (Å²) in [6.45, 7) is 2.76. The summed E-state index contributed by atoms with van der Waals surface area (Å²) < 4.78 is 25.9. The Bertz CT molecular complexity index is 1120. The van der Waals surface area contributed by atoms with Gasteiger partial charge in [-0.25, -0.2) is 8.42 Å². The van der Waals surface area contributed by atoms with Crippen LogP contribution in [0.3, 0.4) is 0 Å². The largest absolute Gasteiger partial charge is 0.351 e. The molecule has 1 amide bonds. The van der Waals surface area contributed by atoms with Crippen molar-refractivity contribution in [2.45, 2.75) is 19.4 Å². The summed E-state index contributed by atoms with van der Waals surface area (Å²) in [5.41, 5.74) is 3.00. The Hall–Kier alpha value is -2.83. The molecule has 1 atom stereocenters. The van der Waals surface area contributed by atoms with E-state index in [0.717, 1.165) is 11.8 Å². The van der Waals surface area contributed by atoms with Gasteiger partial charge in [0.05, 0.1) is 18.5 Å². The van der Waals surface area contributed by atoms with Crippen molar-refractivity contribution in [3.8, 4) is 0 Å². The van der Waals surface area contributed by atoms with Crippen molar-refractivity contribution in [1.29, 1.82) is 0 Å². The molecule has 3 rings (SSSR count). The van der Waals surface area contributed by atoms with Crippen LogP contribution in [-0.2, 0) is 16.6 Å². The summed E-state index contributed by atoms with van der Waals surface area (Å²) in [6, 6.07) is 23.6. The Labute approximate surface area is 188 Å². The fourth-order valence-corrected chi connectivity index (χ4v) is 4.20. The molecule has 0 radical (unpaired) electrons. The smallest absolute Gasteiger partial charge is 0.251 e. The van der Waals surface area contributed by atoms with Crippen molar-refractivity contribution < 1.29 is 13.2 Å². The standard InChI is InChI=1S/C24H25ClN2O3S/c1-18(20-6-4-3-5-7-20)16-26-24(28)21-10-8-19(9-11-21)17-27(31(2,29)30)23-14-12-22(25)13-15-23/h3-15,18H,16-17H2,1-2H3,(H,26,28)/t18-/m0/s1. The van der Waals surface area contributed by atoms with Gasteiger partial charge in [0.1, 0.15) is 0 Å². The minimum Gasteiger partial charge on any atom is -0.351 e. The van der Waals surface area contributed by atoms with Gasteiger partial charge in [-0.2, -0.15) is 0 Å². The summed E-state index contributed by atoms with van der Waals surface area (Å²) in [4.78, 5) is 12.5. The lowest BCUT2D eigenvalue weighted by molar-refractivity contribution is 0.0951. The molecule has 0 bridgehead atoms. The summed E-state index contributed by atoms with van der Waals surface area (Å²) in [5, 5.41) is 3.49. The average molecular weight is 457 g/mol. The third-order valence-corrected chi connectivity index (χ3v) is 6.39. The van der Waals surface area contributed by atoms with Gasteiger partial charge >= 0.3 is 0 Å². The van der Waals surface area contributed by atoms with Crippen molar-refractivity contribution in [2.24, 2.45) is 0 Å². The lowest BCUT2D eigenvalue weighted by atomic mass is 10.0. The summed E-state index contributed by atoms with van der Waals surface area (Å²) in [5.74, 6) is 0.0409. The summed E-state index contributed by atoms with van der Waals surface area (Å²) in [6.07, 6.45) is 1.16. The third kappa shape index (κ3) is 6.32. The van der Waals surface area contributed by atoms with Crippen molar-refractivity contribution in [3.63, 3.8) is 0 Å². The molecule has 0 aliphatic rings. The molecule has 162 valence electrons. The molecular formula is C24H25ClN2O3S. The van der Waals surface area contributed by atoms with Crippen LogP contribution >= 0.6 is 11.6 Å². The molecule has 0 fully saturated rings. The molecule has 0 unspecified atom stereocenters. The number of halogens is 1. The van der Waals surface area contributed by atoms with Gasteiger partial charge in [-0.1, -0.05) is 61.0 Å². The number of carbonyl (C=O) groups is 1. The van der Waals surface area contributed by atoms with E-state index in [4.69, 9.17) is 11.6 Å².